The molecule has 1 rings (SSSR count). The fourth-order valence-electron chi connectivity index (χ4n) is 1.69. The Morgan fingerprint density at radius 2 is 2.12 bits per heavy atom. The van der Waals surface area contributed by atoms with E-state index in [1.807, 2.05) is 27.1 Å². The van der Waals surface area contributed by atoms with Crippen LogP contribution in [0.1, 0.15) is 30.2 Å². The van der Waals surface area contributed by atoms with Crippen LogP contribution in [0.15, 0.2) is 6.20 Å². The molecule has 0 fully saturated rings. The van der Waals surface area contributed by atoms with E-state index in [0.29, 0.717) is 0 Å². The van der Waals surface area contributed by atoms with Crippen molar-refractivity contribution in [1.82, 2.24) is 9.88 Å². The third-order valence-corrected chi connectivity index (χ3v) is 3.02. The lowest BCUT2D eigenvalue weighted by atomic mass is 10.1. The molecule has 0 radical (unpaired) electrons. The normalized spacial score (nSPS) is 13.1. The van der Waals surface area contributed by atoms with Crippen LogP contribution in [0.3, 0.4) is 0 Å². The first-order chi connectivity index (χ1) is 7.91. The molecule has 1 atom stereocenters. The van der Waals surface area contributed by atoms with Gasteiger partial charge in [-0.15, -0.1) is 0 Å². The number of aliphatic hydroxyl groups is 1. The summed E-state index contributed by atoms with van der Waals surface area (Å²) in [5.41, 5.74) is 9.92. The quantitative estimate of drug-likeness (QED) is 0.814. The van der Waals surface area contributed by atoms with Crippen molar-refractivity contribution >= 4 is 5.69 Å². The molecule has 4 heteroatoms. The van der Waals surface area contributed by atoms with Crippen molar-refractivity contribution in [3.63, 3.8) is 0 Å². The van der Waals surface area contributed by atoms with E-state index in [1.54, 1.807) is 6.92 Å². The Balaban J connectivity index is 2.65. The summed E-state index contributed by atoms with van der Waals surface area (Å²) in [6.07, 6.45) is 2.34. The number of rotatable bonds is 5. The summed E-state index contributed by atoms with van der Waals surface area (Å²) in [6.45, 7) is 7.40. The molecule has 0 aliphatic carbocycles. The third-order valence-electron chi connectivity index (χ3n) is 3.02. The van der Waals surface area contributed by atoms with Gasteiger partial charge in [-0.2, -0.15) is 0 Å². The molecule has 1 aromatic heterocycles. The molecular weight excluding hydrogens is 214 g/mol. The molecule has 0 saturated carbocycles. The Morgan fingerprint density at radius 3 is 2.71 bits per heavy atom. The Labute approximate surface area is 103 Å². The number of aryl methyl sites for hydroxylation is 1. The zero-order valence-corrected chi connectivity index (χ0v) is 11.2. The SMILES string of the molecule is Cc1cnc(CN(C)CCC(C)O)c(C)c1N. The summed E-state index contributed by atoms with van der Waals surface area (Å²) in [5, 5.41) is 9.24. The average Bonchev–Trinajstić information content (AvgIpc) is 2.27. The second-order valence-electron chi connectivity index (χ2n) is 4.80. The molecule has 0 aliphatic heterocycles. The lowest BCUT2D eigenvalue weighted by Crippen LogP contribution is -2.23. The molecule has 96 valence electrons. The number of aromatic nitrogens is 1. The standard InChI is InChI=1S/C13H23N3O/c1-9-7-15-12(11(3)13(9)14)8-16(4)6-5-10(2)17/h7,10,17H,5-6,8H2,1-4H3,(H2,14,15). The van der Waals surface area contributed by atoms with Gasteiger partial charge < -0.3 is 15.7 Å². The molecule has 0 aromatic carbocycles. The van der Waals surface area contributed by atoms with Gasteiger partial charge in [0, 0.05) is 25.0 Å². The summed E-state index contributed by atoms with van der Waals surface area (Å²) < 4.78 is 0. The van der Waals surface area contributed by atoms with Crippen molar-refractivity contribution < 1.29 is 5.11 Å². The summed E-state index contributed by atoms with van der Waals surface area (Å²) in [4.78, 5) is 6.57. The molecule has 1 heterocycles. The highest BCUT2D eigenvalue weighted by Gasteiger charge is 2.09. The third kappa shape index (κ3) is 3.98. The van der Waals surface area contributed by atoms with Crippen LogP contribution < -0.4 is 5.73 Å². The van der Waals surface area contributed by atoms with Gasteiger partial charge in [-0.25, -0.2) is 0 Å². The van der Waals surface area contributed by atoms with Crippen LogP contribution in [0.2, 0.25) is 0 Å². The largest absolute Gasteiger partial charge is 0.398 e. The minimum atomic E-state index is -0.255. The minimum Gasteiger partial charge on any atom is -0.398 e. The maximum absolute atomic E-state index is 9.24. The maximum atomic E-state index is 9.24. The molecule has 0 amide bonds. The van der Waals surface area contributed by atoms with E-state index in [-0.39, 0.29) is 6.10 Å². The number of hydrogen-bond acceptors (Lipinski definition) is 4. The van der Waals surface area contributed by atoms with Gasteiger partial charge in [0.25, 0.3) is 0 Å². The van der Waals surface area contributed by atoms with Crippen molar-refractivity contribution in [1.29, 1.82) is 0 Å². The number of anilines is 1. The molecule has 0 aliphatic rings. The van der Waals surface area contributed by atoms with Crippen LogP contribution >= 0.6 is 0 Å². The van der Waals surface area contributed by atoms with Gasteiger partial charge in [-0.1, -0.05) is 0 Å². The van der Waals surface area contributed by atoms with Crippen LogP contribution in [0.4, 0.5) is 5.69 Å². The van der Waals surface area contributed by atoms with Gasteiger partial charge in [0.2, 0.25) is 0 Å². The summed E-state index contributed by atoms with van der Waals surface area (Å²) in [5.74, 6) is 0. The maximum Gasteiger partial charge on any atom is 0.0593 e. The van der Waals surface area contributed by atoms with E-state index >= 15 is 0 Å². The highest BCUT2D eigenvalue weighted by molar-refractivity contribution is 5.53. The highest BCUT2D eigenvalue weighted by atomic mass is 16.3. The fourth-order valence-corrected chi connectivity index (χ4v) is 1.69. The molecule has 1 unspecified atom stereocenters. The van der Waals surface area contributed by atoms with Crippen molar-refractivity contribution in [2.45, 2.75) is 39.8 Å². The van der Waals surface area contributed by atoms with Crippen LogP contribution in [0, 0.1) is 13.8 Å². The zero-order chi connectivity index (χ0) is 13.0. The van der Waals surface area contributed by atoms with Gasteiger partial charge in [0.1, 0.15) is 0 Å². The Morgan fingerprint density at radius 1 is 1.47 bits per heavy atom. The number of hydrogen-bond donors (Lipinski definition) is 2. The van der Waals surface area contributed by atoms with E-state index in [4.69, 9.17) is 5.73 Å². The van der Waals surface area contributed by atoms with Crippen molar-refractivity contribution in [2.75, 3.05) is 19.3 Å². The van der Waals surface area contributed by atoms with E-state index < -0.39 is 0 Å². The summed E-state index contributed by atoms with van der Waals surface area (Å²) in [6, 6.07) is 0. The zero-order valence-electron chi connectivity index (χ0n) is 11.2. The lowest BCUT2D eigenvalue weighted by molar-refractivity contribution is 0.162. The van der Waals surface area contributed by atoms with E-state index in [2.05, 4.69) is 9.88 Å². The molecular formula is C13H23N3O. The topological polar surface area (TPSA) is 62.4 Å². The number of nitrogens with two attached hydrogens (primary N) is 1. The van der Waals surface area contributed by atoms with Crippen molar-refractivity contribution in [2.24, 2.45) is 0 Å². The number of aliphatic hydroxyl groups excluding tert-OH is 1. The molecule has 0 bridgehead atoms. The predicted molar refractivity (Wildman–Crippen MR) is 70.8 cm³/mol. The minimum absolute atomic E-state index is 0.255. The highest BCUT2D eigenvalue weighted by Crippen LogP contribution is 2.18. The van der Waals surface area contributed by atoms with E-state index in [9.17, 15) is 5.11 Å². The van der Waals surface area contributed by atoms with Gasteiger partial charge in [-0.3, -0.25) is 4.98 Å². The molecule has 0 spiro atoms. The smallest absolute Gasteiger partial charge is 0.0593 e. The average molecular weight is 237 g/mol. The number of pyridine rings is 1. The lowest BCUT2D eigenvalue weighted by Gasteiger charge is -2.19. The Bertz CT molecular complexity index is 377. The molecule has 4 nitrogen and oxygen atoms in total. The second-order valence-corrected chi connectivity index (χ2v) is 4.80. The van der Waals surface area contributed by atoms with Gasteiger partial charge in [0.05, 0.1) is 11.8 Å². The second kappa shape index (κ2) is 5.98. The molecule has 3 N–H and O–H groups in total. The van der Waals surface area contributed by atoms with Crippen molar-refractivity contribution in [3.8, 4) is 0 Å². The van der Waals surface area contributed by atoms with Crippen LogP contribution in [-0.4, -0.2) is 34.7 Å². The van der Waals surface area contributed by atoms with E-state index in [1.165, 1.54) is 0 Å². The van der Waals surface area contributed by atoms with Gasteiger partial charge in [-0.05, 0) is 45.4 Å². The Hall–Kier alpha value is -1.13. The van der Waals surface area contributed by atoms with Gasteiger partial charge in [0.15, 0.2) is 0 Å². The van der Waals surface area contributed by atoms with Crippen molar-refractivity contribution in [3.05, 3.63) is 23.0 Å². The number of nitrogen functional groups attached to an aromatic ring is 1. The summed E-state index contributed by atoms with van der Waals surface area (Å²) >= 11 is 0. The summed E-state index contributed by atoms with van der Waals surface area (Å²) in [7, 11) is 2.03. The molecule has 17 heavy (non-hydrogen) atoms. The van der Waals surface area contributed by atoms with Crippen LogP contribution in [-0.2, 0) is 6.54 Å². The monoisotopic (exact) mass is 237 g/mol. The Kier molecular flexibility index (Phi) is 4.90. The van der Waals surface area contributed by atoms with E-state index in [0.717, 1.165) is 42.0 Å². The fraction of sp³-hybridized carbons (Fsp3) is 0.615. The number of nitrogens with zero attached hydrogens (tertiary/aromatic N) is 2. The molecule has 1 aromatic rings. The first-order valence-corrected chi connectivity index (χ1v) is 5.99. The van der Waals surface area contributed by atoms with Gasteiger partial charge >= 0.3 is 0 Å². The molecule has 0 saturated heterocycles. The van der Waals surface area contributed by atoms with Crippen LogP contribution in [0.25, 0.3) is 0 Å². The predicted octanol–water partition coefficient (Wildman–Crippen LogP) is 1.48. The first kappa shape index (κ1) is 13.9. The first-order valence-electron chi connectivity index (χ1n) is 5.99. The van der Waals surface area contributed by atoms with Crippen LogP contribution in [0.5, 0.6) is 0 Å².